The highest BCUT2D eigenvalue weighted by Gasteiger charge is 2.27. The molecule has 0 unspecified atom stereocenters. The standard InChI is InChI=1S/C13H15F3N2O3/c1-8-10(17-9(2)19)4-3-5-11(8)18-12(20)6-21-7-13(14,15)16/h3-5H,6-7H2,1-2H3,(H,17,19)(H,18,20). The first kappa shape index (κ1) is 17.0. The monoisotopic (exact) mass is 304 g/mol. The van der Waals surface area contributed by atoms with E-state index in [1.54, 1.807) is 25.1 Å². The van der Waals surface area contributed by atoms with E-state index in [4.69, 9.17) is 0 Å². The summed E-state index contributed by atoms with van der Waals surface area (Å²) in [7, 11) is 0. The van der Waals surface area contributed by atoms with Crippen LogP contribution >= 0.6 is 0 Å². The number of benzene rings is 1. The molecule has 0 bridgehead atoms. The number of carbonyl (C=O) groups is 2. The average Bonchev–Trinajstić information content (AvgIpc) is 2.32. The molecule has 0 atom stereocenters. The lowest BCUT2D eigenvalue weighted by Crippen LogP contribution is -2.24. The highest BCUT2D eigenvalue weighted by atomic mass is 19.4. The van der Waals surface area contributed by atoms with Crippen LogP contribution in [-0.4, -0.2) is 31.2 Å². The Morgan fingerprint density at radius 3 is 2.29 bits per heavy atom. The first-order valence-electron chi connectivity index (χ1n) is 6.00. The van der Waals surface area contributed by atoms with Gasteiger partial charge in [0.05, 0.1) is 0 Å². The van der Waals surface area contributed by atoms with Gasteiger partial charge in [-0.25, -0.2) is 0 Å². The van der Waals surface area contributed by atoms with Crippen molar-refractivity contribution >= 4 is 23.2 Å². The lowest BCUT2D eigenvalue weighted by atomic mass is 10.1. The SMILES string of the molecule is CC(=O)Nc1cccc(NC(=O)COCC(F)(F)F)c1C. The second kappa shape index (κ2) is 7.07. The van der Waals surface area contributed by atoms with Crippen molar-refractivity contribution in [2.45, 2.75) is 20.0 Å². The zero-order valence-electron chi connectivity index (χ0n) is 11.5. The van der Waals surface area contributed by atoms with Crippen molar-refractivity contribution in [2.24, 2.45) is 0 Å². The van der Waals surface area contributed by atoms with Gasteiger partial charge >= 0.3 is 6.18 Å². The summed E-state index contributed by atoms with van der Waals surface area (Å²) in [5.74, 6) is -0.975. The van der Waals surface area contributed by atoms with Crippen LogP contribution in [0.4, 0.5) is 24.5 Å². The molecule has 0 heterocycles. The molecule has 0 saturated carbocycles. The van der Waals surface area contributed by atoms with Crippen LogP contribution in [0.3, 0.4) is 0 Å². The predicted molar refractivity (Wildman–Crippen MR) is 71.0 cm³/mol. The van der Waals surface area contributed by atoms with Crippen LogP contribution in [0.1, 0.15) is 12.5 Å². The summed E-state index contributed by atoms with van der Waals surface area (Å²) in [6, 6.07) is 4.82. The molecule has 0 aliphatic carbocycles. The molecule has 2 N–H and O–H groups in total. The molecule has 0 fully saturated rings. The van der Waals surface area contributed by atoms with Crippen molar-refractivity contribution in [1.82, 2.24) is 0 Å². The van der Waals surface area contributed by atoms with Gasteiger partial charge in [0.2, 0.25) is 11.8 Å². The fourth-order valence-corrected chi connectivity index (χ4v) is 1.54. The minimum absolute atomic E-state index is 0.268. The molecule has 8 heteroatoms. The molecule has 0 aliphatic rings. The predicted octanol–water partition coefficient (Wildman–Crippen LogP) is 2.47. The number of alkyl halides is 3. The zero-order chi connectivity index (χ0) is 16.0. The number of amides is 2. The van der Waals surface area contributed by atoms with Gasteiger partial charge < -0.3 is 15.4 Å². The maximum Gasteiger partial charge on any atom is 0.411 e. The average molecular weight is 304 g/mol. The van der Waals surface area contributed by atoms with Crippen LogP contribution in [-0.2, 0) is 14.3 Å². The Bertz CT molecular complexity index is 530. The summed E-state index contributed by atoms with van der Waals surface area (Å²) in [6.07, 6.45) is -4.47. The fraction of sp³-hybridized carbons (Fsp3) is 0.385. The molecular formula is C13H15F3N2O3. The second-order valence-corrected chi connectivity index (χ2v) is 4.32. The molecule has 0 radical (unpaired) electrons. The van der Waals surface area contributed by atoms with Gasteiger partial charge in [-0.05, 0) is 24.6 Å². The highest BCUT2D eigenvalue weighted by molar-refractivity contribution is 5.95. The number of rotatable bonds is 5. The van der Waals surface area contributed by atoms with Crippen molar-refractivity contribution < 1.29 is 27.5 Å². The molecular weight excluding hydrogens is 289 g/mol. The van der Waals surface area contributed by atoms with E-state index in [-0.39, 0.29) is 5.91 Å². The van der Waals surface area contributed by atoms with Crippen LogP contribution < -0.4 is 10.6 Å². The summed E-state index contributed by atoms with van der Waals surface area (Å²) in [4.78, 5) is 22.5. The molecule has 0 aromatic heterocycles. The van der Waals surface area contributed by atoms with Gasteiger partial charge in [-0.2, -0.15) is 13.2 Å². The summed E-state index contributed by atoms with van der Waals surface area (Å²) in [6.45, 7) is 0.821. The third kappa shape index (κ3) is 6.26. The van der Waals surface area contributed by atoms with Gasteiger partial charge in [0, 0.05) is 18.3 Å². The minimum atomic E-state index is -4.47. The van der Waals surface area contributed by atoms with Crippen molar-refractivity contribution in [3.8, 4) is 0 Å². The van der Waals surface area contributed by atoms with E-state index >= 15 is 0 Å². The van der Waals surface area contributed by atoms with Crippen LogP contribution in [0.2, 0.25) is 0 Å². The van der Waals surface area contributed by atoms with Gasteiger partial charge in [-0.3, -0.25) is 9.59 Å². The molecule has 2 amide bonds. The maximum absolute atomic E-state index is 11.9. The van der Waals surface area contributed by atoms with E-state index < -0.39 is 25.3 Å². The number of nitrogens with one attached hydrogen (secondary N) is 2. The molecule has 0 spiro atoms. The molecule has 0 aliphatic heterocycles. The van der Waals surface area contributed by atoms with Crippen LogP contribution in [0.5, 0.6) is 0 Å². The number of hydrogen-bond donors (Lipinski definition) is 2. The Morgan fingerprint density at radius 1 is 1.19 bits per heavy atom. The number of ether oxygens (including phenoxy) is 1. The number of anilines is 2. The molecule has 1 aromatic carbocycles. The van der Waals surface area contributed by atoms with Gasteiger partial charge in [0.25, 0.3) is 0 Å². The summed E-state index contributed by atoms with van der Waals surface area (Å²) < 4.78 is 39.9. The van der Waals surface area contributed by atoms with E-state index in [0.717, 1.165) is 0 Å². The van der Waals surface area contributed by atoms with Crippen molar-refractivity contribution in [3.05, 3.63) is 23.8 Å². The van der Waals surface area contributed by atoms with Crippen LogP contribution in [0.25, 0.3) is 0 Å². The largest absolute Gasteiger partial charge is 0.411 e. The Hall–Kier alpha value is -2.09. The Labute approximate surface area is 119 Å². The van der Waals surface area contributed by atoms with Gasteiger partial charge in [-0.1, -0.05) is 6.07 Å². The normalized spacial score (nSPS) is 11.1. The topological polar surface area (TPSA) is 67.4 Å². The summed E-state index contributed by atoms with van der Waals surface area (Å²) in [5.41, 5.74) is 1.50. The summed E-state index contributed by atoms with van der Waals surface area (Å²) >= 11 is 0. The second-order valence-electron chi connectivity index (χ2n) is 4.32. The van der Waals surface area contributed by atoms with Crippen molar-refractivity contribution in [3.63, 3.8) is 0 Å². The van der Waals surface area contributed by atoms with Gasteiger partial charge in [0.15, 0.2) is 0 Å². The van der Waals surface area contributed by atoms with E-state index in [0.29, 0.717) is 16.9 Å². The molecule has 1 aromatic rings. The van der Waals surface area contributed by atoms with E-state index in [1.807, 2.05) is 0 Å². The lowest BCUT2D eigenvalue weighted by molar-refractivity contribution is -0.174. The number of halogens is 3. The molecule has 116 valence electrons. The Kier molecular flexibility index (Phi) is 5.71. The zero-order valence-corrected chi connectivity index (χ0v) is 11.5. The number of carbonyl (C=O) groups excluding carboxylic acids is 2. The molecule has 0 saturated heterocycles. The third-order valence-corrected chi connectivity index (χ3v) is 2.42. The van der Waals surface area contributed by atoms with Gasteiger partial charge in [0.1, 0.15) is 13.2 Å². The van der Waals surface area contributed by atoms with Crippen molar-refractivity contribution in [2.75, 3.05) is 23.8 Å². The first-order chi connectivity index (χ1) is 9.69. The first-order valence-corrected chi connectivity index (χ1v) is 6.00. The highest BCUT2D eigenvalue weighted by Crippen LogP contribution is 2.23. The quantitative estimate of drug-likeness (QED) is 0.878. The van der Waals surface area contributed by atoms with E-state index in [9.17, 15) is 22.8 Å². The molecule has 1 rings (SSSR count). The fourth-order valence-electron chi connectivity index (χ4n) is 1.54. The van der Waals surface area contributed by atoms with E-state index in [2.05, 4.69) is 15.4 Å². The lowest BCUT2D eigenvalue weighted by Gasteiger charge is -2.13. The van der Waals surface area contributed by atoms with Crippen molar-refractivity contribution in [1.29, 1.82) is 0 Å². The molecule has 5 nitrogen and oxygen atoms in total. The van der Waals surface area contributed by atoms with Crippen LogP contribution in [0.15, 0.2) is 18.2 Å². The van der Waals surface area contributed by atoms with Gasteiger partial charge in [-0.15, -0.1) is 0 Å². The Balaban J connectivity index is 2.62. The molecule has 21 heavy (non-hydrogen) atoms. The number of hydrogen-bond acceptors (Lipinski definition) is 3. The third-order valence-electron chi connectivity index (χ3n) is 2.42. The smallest absolute Gasteiger partial charge is 0.362 e. The maximum atomic E-state index is 11.9. The Morgan fingerprint density at radius 2 is 1.76 bits per heavy atom. The summed E-state index contributed by atoms with van der Waals surface area (Å²) in [5, 5.41) is 5.01. The van der Waals surface area contributed by atoms with Crippen LogP contribution in [0, 0.1) is 6.92 Å². The minimum Gasteiger partial charge on any atom is -0.362 e. The van der Waals surface area contributed by atoms with E-state index in [1.165, 1.54) is 6.92 Å².